The van der Waals surface area contributed by atoms with Crippen LogP contribution in [0.15, 0.2) is 11.6 Å². The summed E-state index contributed by atoms with van der Waals surface area (Å²) in [6, 6.07) is -0.121. The second kappa shape index (κ2) is 5.43. The molecule has 0 N–H and O–H groups in total. The lowest BCUT2D eigenvalue weighted by Crippen LogP contribution is -2.48. The van der Waals surface area contributed by atoms with Crippen LogP contribution in [-0.4, -0.2) is 48.2 Å². The van der Waals surface area contributed by atoms with Gasteiger partial charge in [-0.3, -0.25) is 0 Å². The molecule has 0 aliphatic carbocycles. The number of urea groups is 1. The molecule has 0 unspecified atom stereocenters. The molecule has 0 aromatic heterocycles. The molecule has 2 aliphatic rings. The number of hydrogen-bond donors (Lipinski definition) is 0. The van der Waals surface area contributed by atoms with Crippen molar-refractivity contribution >= 4 is 6.03 Å². The van der Waals surface area contributed by atoms with E-state index in [0.717, 1.165) is 18.9 Å². The first-order chi connectivity index (χ1) is 8.88. The first-order valence-electron chi connectivity index (χ1n) is 6.68. The zero-order valence-electron chi connectivity index (χ0n) is 11.0. The second-order valence-corrected chi connectivity index (χ2v) is 5.38. The van der Waals surface area contributed by atoms with Gasteiger partial charge in [0.2, 0.25) is 0 Å². The molecule has 0 aromatic carbocycles. The van der Waals surface area contributed by atoms with Crippen molar-refractivity contribution in [2.45, 2.75) is 32.4 Å². The topological polar surface area (TPSA) is 23.6 Å². The average Bonchev–Trinajstić information content (AvgIpc) is 2.38. The molecule has 108 valence electrons. The Balaban J connectivity index is 1.91. The summed E-state index contributed by atoms with van der Waals surface area (Å²) >= 11 is 0. The van der Waals surface area contributed by atoms with Gasteiger partial charge in [0.05, 0.1) is 0 Å². The van der Waals surface area contributed by atoms with Gasteiger partial charge in [0, 0.05) is 31.8 Å². The zero-order valence-corrected chi connectivity index (χ0v) is 11.0. The Morgan fingerprint density at radius 3 is 2.32 bits per heavy atom. The summed E-state index contributed by atoms with van der Waals surface area (Å²) < 4.78 is 37.5. The predicted molar refractivity (Wildman–Crippen MR) is 65.7 cm³/mol. The number of piperidine rings is 1. The summed E-state index contributed by atoms with van der Waals surface area (Å²) in [6.07, 6.45) is -1.27. The van der Waals surface area contributed by atoms with Gasteiger partial charge in [0.1, 0.15) is 0 Å². The highest BCUT2D eigenvalue weighted by Gasteiger charge is 2.36. The van der Waals surface area contributed by atoms with Crippen molar-refractivity contribution in [3.8, 4) is 0 Å². The minimum atomic E-state index is -4.25. The zero-order chi connectivity index (χ0) is 14.0. The molecule has 2 heterocycles. The quantitative estimate of drug-likeness (QED) is 0.624. The van der Waals surface area contributed by atoms with E-state index in [1.54, 1.807) is 4.90 Å². The fraction of sp³-hybridized carbons (Fsp3) is 0.769. The average molecular weight is 276 g/mol. The third-order valence-corrected chi connectivity index (χ3v) is 3.90. The summed E-state index contributed by atoms with van der Waals surface area (Å²) in [5.74, 6) is 0.627. The van der Waals surface area contributed by atoms with Gasteiger partial charge in [-0.05, 0) is 25.2 Å². The molecule has 0 atom stereocenters. The van der Waals surface area contributed by atoms with Crippen molar-refractivity contribution in [1.82, 2.24) is 9.80 Å². The van der Waals surface area contributed by atoms with Gasteiger partial charge >= 0.3 is 12.2 Å². The van der Waals surface area contributed by atoms with Crippen LogP contribution < -0.4 is 0 Å². The lowest BCUT2D eigenvalue weighted by atomic mass is 9.99. The number of nitrogens with zero attached hydrogens (tertiary/aromatic N) is 2. The largest absolute Gasteiger partial charge is 0.412 e. The number of halogens is 3. The molecule has 0 saturated carbocycles. The SMILES string of the molecule is CC1CCN(C(=O)N2CC=C(C(F)(F)F)CC2)CC1. The van der Waals surface area contributed by atoms with Crippen LogP contribution >= 0.6 is 0 Å². The van der Waals surface area contributed by atoms with Gasteiger partial charge < -0.3 is 9.80 Å². The van der Waals surface area contributed by atoms with E-state index in [2.05, 4.69) is 6.92 Å². The van der Waals surface area contributed by atoms with E-state index in [-0.39, 0.29) is 25.5 Å². The molecule has 1 fully saturated rings. The van der Waals surface area contributed by atoms with Crippen LogP contribution in [0.2, 0.25) is 0 Å². The summed E-state index contributed by atoms with van der Waals surface area (Å²) in [6.45, 7) is 3.82. The summed E-state index contributed by atoms with van der Waals surface area (Å²) in [4.78, 5) is 15.4. The number of rotatable bonds is 0. The minimum absolute atomic E-state index is 0.0692. The Labute approximate surface area is 111 Å². The lowest BCUT2D eigenvalue weighted by Gasteiger charge is -2.36. The molecular weight excluding hydrogens is 257 g/mol. The number of carbonyl (C=O) groups is 1. The normalized spacial score (nSPS) is 22.4. The molecule has 2 rings (SSSR count). The highest BCUT2D eigenvalue weighted by atomic mass is 19.4. The van der Waals surface area contributed by atoms with Crippen molar-refractivity contribution in [3.05, 3.63) is 11.6 Å². The Morgan fingerprint density at radius 2 is 1.84 bits per heavy atom. The van der Waals surface area contributed by atoms with Crippen molar-refractivity contribution in [1.29, 1.82) is 0 Å². The standard InChI is InChI=1S/C13H19F3N2O/c1-10-2-6-17(7-3-10)12(19)18-8-4-11(5-9-18)13(14,15)16/h4,10H,2-3,5-9H2,1H3. The van der Waals surface area contributed by atoms with E-state index >= 15 is 0 Å². The van der Waals surface area contributed by atoms with Crippen LogP contribution in [0.1, 0.15) is 26.2 Å². The first-order valence-corrected chi connectivity index (χ1v) is 6.68. The third-order valence-electron chi connectivity index (χ3n) is 3.90. The number of hydrogen-bond acceptors (Lipinski definition) is 1. The highest BCUT2D eigenvalue weighted by Crippen LogP contribution is 2.30. The minimum Gasteiger partial charge on any atom is -0.325 e. The van der Waals surface area contributed by atoms with Gasteiger partial charge in [-0.15, -0.1) is 0 Å². The monoisotopic (exact) mass is 276 g/mol. The molecule has 0 aromatic rings. The fourth-order valence-electron chi connectivity index (χ4n) is 2.50. The van der Waals surface area contributed by atoms with Crippen LogP contribution in [-0.2, 0) is 0 Å². The van der Waals surface area contributed by atoms with E-state index in [1.165, 1.54) is 4.90 Å². The molecule has 6 heteroatoms. The fourth-order valence-corrected chi connectivity index (χ4v) is 2.50. The Kier molecular flexibility index (Phi) is 4.06. The van der Waals surface area contributed by atoms with Gasteiger partial charge in [-0.2, -0.15) is 13.2 Å². The highest BCUT2D eigenvalue weighted by molar-refractivity contribution is 5.75. The van der Waals surface area contributed by atoms with Crippen molar-refractivity contribution < 1.29 is 18.0 Å². The molecular formula is C13H19F3N2O. The summed E-state index contributed by atoms with van der Waals surface area (Å²) in [5, 5.41) is 0. The van der Waals surface area contributed by atoms with Crippen molar-refractivity contribution in [2.24, 2.45) is 5.92 Å². The summed E-state index contributed by atoms with van der Waals surface area (Å²) in [5.41, 5.74) is -0.510. The van der Waals surface area contributed by atoms with Crippen LogP contribution in [0.3, 0.4) is 0 Å². The maximum Gasteiger partial charge on any atom is 0.412 e. The number of carbonyl (C=O) groups excluding carboxylic acids is 1. The smallest absolute Gasteiger partial charge is 0.325 e. The maximum absolute atomic E-state index is 12.5. The molecule has 0 bridgehead atoms. The van der Waals surface area contributed by atoms with Gasteiger partial charge in [-0.1, -0.05) is 13.0 Å². The molecule has 19 heavy (non-hydrogen) atoms. The van der Waals surface area contributed by atoms with E-state index in [9.17, 15) is 18.0 Å². The van der Waals surface area contributed by atoms with Crippen molar-refractivity contribution in [3.63, 3.8) is 0 Å². The number of likely N-dealkylation sites (tertiary alicyclic amines) is 1. The van der Waals surface area contributed by atoms with Crippen LogP contribution in [0.25, 0.3) is 0 Å². The molecule has 1 saturated heterocycles. The molecule has 0 spiro atoms. The van der Waals surface area contributed by atoms with Gasteiger partial charge in [0.25, 0.3) is 0 Å². The van der Waals surface area contributed by atoms with E-state index < -0.39 is 11.7 Å². The maximum atomic E-state index is 12.5. The predicted octanol–water partition coefficient (Wildman–Crippen LogP) is 3.03. The van der Waals surface area contributed by atoms with E-state index in [1.807, 2.05) is 0 Å². The van der Waals surface area contributed by atoms with E-state index in [4.69, 9.17) is 0 Å². The lowest BCUT2D eigenvalue weighted by molar-refractivity contribution is -0.0957. The molecule has 3 nitrogen and oxygen atoms in total. The van der Waals surface area contributed by atoms with Crippen LogP contribution in [0, 0.1) is 5.92 Å². The van der Waals surface area contributed by atoms with Crippen molar-refractivity contribution in [2.75, 3.05) is 26.2 Å². The van der Waals surface area contributed by atoms with Gasteiger partial charge in [0.15, 0.2) is 0 Å². The van der Waals surface area contributed by atoms with Crippen LogP contribution in [0.4, 0.5) is 18.0 Å². The molecule has 2 aliphatic heterocycles. The Hall–Kier alpha value is -1.20. The first kappa shape index (κ1) is 14.2. The molecule has 0 radical (unpaired) electrons. The summed E-state index contributed by atoms with van der Waals surface area (Å²) in [7, 11) is 0. The van der Waals surface area contributed by atoms with E-state index in [0.29, 0.717) is 19.0 Å². The number of alkyl halides is 3. The van der Waals surface area contributed by atoms with Gasteiger partial charge in [-0.25, -0.2) is 4.79 Å². The number of amides is 2. The Bertz CT molecular complexity index is 371. The second-order valence-electron chi connectivity index (χ2n) is 5.38. The Morgan fingerprint density at radius 1 is 1.21 bits per heavy atom. The van der Waals surface area contributed by atoms with Crippen LogP contribution in [0.5, 0.6) is 0 Å². The third kappa shape index (κ3) is 3.42. The molecule has 2 amide bonds.